The predicted molar refractivity (Wildman–Crippen MR) is 127 cm³/mol. The zero-order chi connectivity index (χ0) is 22.7. The molecule has 0 saturated carbocycles. The summed E-state index contributed by atoms with van der Waals surface area (Å²) in [6.07, 6.45) is 0.900. The highest BCUT2D eigenvalue weighted by Gasteiger charge is 2.15. The topological polar surface area (TPSA) is 97.2 Å². The van der Waals surface area contributed by atoms with Crippen molar-refractivity contribution in [2.45, 2.75) is 19.8 Å². The lowest BCUT2D eigenvalue weighted by Crippen LogP contribution is -2.15. The Balaban J connectivity index is 1.55. The fourth-order valence-corrected chi connectivity index (χ4v) is 3.94. The predicted octanol–water partition coefficient (Wildman–Crippen LogP) is 4.82. The van der Waals surface area contributed by atoms with Gasteiger partial charge in [-0.1, -0.05) is 18.2 Å². The SMILES string of the molecule is COc1ccc(-c2[nH]c3ccccc3c2CCC(=O)Nc2ccc(C(N)=O)c(C)c2)cc1. The molecule has 0 spiro atoms. The van der Waals surface area contributed by atoms with Crippen molar-refractivity contribution in [3.63, 3.8) is 0 Å². The van der Waals surface area contributed by atoms with Gasteiger partial charge in [-0.05, 0) is 78.6 Å². The molecule has 6 nitrogen and oxygen atoms in total. The molecule has 162 valence electrons. The first-order chi connectivity index (χ1) is 15.5. The number of para-hydroxylation sites is 1. The number of hydrogen-bond donors (Lipinski definition) is 3. The van der Waals surface area contributed by atoms with E-state index in [1.807, 2.05) is 42.5 Å². The molecule has 32 heavy (non-hydrogen) atoms. The first-order valence-corrected chi connectivity index (χ1v) is 10.4. The molecule has 0 aliphatic carbocycles. The normalized spacial score (nSPS) is 10.8. The molecule has 4 aromatic rings. The molecule has 0 atom stereocenters. The number of aromatic amines is 1. The minimum atomic E-state index is -0.481. The maximum Gasteiger partial charge on any atom is 0.248 e. The molecule has 1 aromatic heterocycles. The third kappa shape index (κ3) is 4.34. The molecule has 4 N–H and O–H groups in total. The van der Waals surface area contributed by atoms with Crippen LogP contribution in [0.5, 0.6) is 5.75 Å². The Hall–Kier alpha value is -4.06. The van der Waals surface area contributed by atoms with Crippen LogP contribution in [0.3, 0.4) is 0 Å². The smallest absolute Gasteiger partial charge is 0.248 e. The third-order valence-electron chi connectivity index (χ3n) is 5.57. The van der Waals surface area contributed by atoms with Gasteiger partial charge in [-0.3, -0.25) is 9.59 Å². The van der Waals surface area contributed by atoms with E-state index < -0.39 is 5.91 Å². The molecule has 0 bridgehead atoms. The van der Waals surface area contributed by atoms with Gasteiger partial charge in [0.05, 0.1) is 7.11 Å². The van der Waals surface area contributed by atoms with Crippen molar-refractivity contribution in [2.24, 2.45) is 5.73 Å². The van der Waals surface area contributed by atoms with Crippen LogP contribution < -0.4 is 15.8 Å². The molecule has 0 fully saturated rings. The lowest BCUT2D eigenvalue weighted by Gasteiger charge is -2.09. The van der Waals surface area contributed by atoms with E-state index in [9.17, 15) is 9.59 Å². The van der Waals surface area contributed by atoms with E-state index in [0.717, 1.165) is 39.0 Å². The fraction of sp³-hybridized carbons (Fsp3) is 0.154. The lowest BCUT2D eigenvalue weighted by molar-refractivity contribution is -0.116. The Morgan fingerprint density at radius 2 is 1.78 bits per heavy atom. The standard InChI is InChI=1S/C26H25N3O3/c1-16-15-18(9-12-20(16)26(27)31)28-24(30)14-13-22-21-5-3-4-6-23(21)29-25(22)17-7-10-19(32-2)11-8-17/h3-12,15,29H,13-14H2,1-2H3,(H2,27,31)(H,28,30). The van der Waals surface area contributed by atoms with E-state index in [1.54, 1.807) is 32.2 Å². The maximum absolute atomic E-state index is 12.7. The largest absolute Gasteiger partial charge is 0.497 e. The summed E-state index contributed by atoms with van der Waals surface area (Å²) in [4.78, 5) is 27.6. The molecule has 2 amide bonds. The summed E-state index contributed by atoms with van der Waals surface area (Å²) < 4.78 is 5.27. The number of carbonyl (C=O) groups excluding carboxylic acids is 2. The van der Waals surface area contributed by atoms with E-state index in [1.165, 1.54) is 0 Å². The number of nitrogens with one attached hydrogen (secondary N) is 2. The van der Waals surface area contributed by atoms with Gasteiger partial charge in [0.1, 0.15) is 5.75 Å². The van der Waals surface area contributed by atoms with Crippen molar-refractivity contribution >= 4 is 28.4 Å². The van der Waals surface area contributed by atoms with Crippen molar-refractivity contribution in [3.8, 4) is 17.0 Å². The molecule has 0 aliphatic heterocycles. The molecule has 0 radical (unpaired) electrons. The van der Waals surface area contributed by atoms with Crippen LogP contribution in [-0.2, 0) is 11.2 Å². The molecule has 6 heteroatoms. The molecule has 0 unspecified atom stereocenters. The van der Waals surface area contributed by atoms with Crippen LogP contribution in [-0.4, -0.2) is 23.9 Å². The number of aromatic nitrogens is 1. The van der Waals surface area contributed by atoms with Gasteiger partial charge in [0.2, 0.25) is 11.8 Å². The quantitative estimate of drug-likeness (QED) is 0.394. The second kappa shape index (κ2) is 8.98. The van der Waals surface area contributed by atoms with Gasteiger partial charge in [0.15, 0.2) is 0 Å². The maximum atomic E-state index is 12.7. The number of methoxy groups -OCH3 is 1. The number of rotatable bonds is 7. The Bertz CT molecular complexity index is 1290. The summed E-state index contributed by atoms with van der Waals surface area (Å²) in [7, 11) is 1.64. The monoisotopic (exact) mass is 427 g/mol. The van der Waals surface area contributed by atoms with Crippen LogP contribution in [0.1, 0.15) is 27.9 Å². The highest BCUT2D eigenvalue weighted by molar-refractivity contribution is 5.97. The van der Waals surface area contributed by atoms with Crippen LogP contribution in [0.15, 0.2) is 66.7 Å². The number of aryl methyl sites for hydroxylation is 2. The molecule has 0 aliphatic rings. The number of benzene rings is 3. The summed E-state index contributed by atoms with van der Waals surface area (Å²) in [5.41, 5.74) is 11.4. The highest BCUT2D eigenvalue weighted by Crippen LogP contribution is 2.32. The van der Waals surface area contributed by atoms with Gasteiger partial charge in [0, 0.05) is 34.3 Å². The average molecular weight is 428 g/mol. The Kier molecular flexibility index (Phi) is 5.94. The first-order valence-electron chi connectivity index (χ1n) is 10.4. The van der Waals surface area contributed by atoms with E-state index in [2.05, 4.69) is 16.4 Å². The van der Waals surface area contributed by atoms with Crippen molar-refractivity contribution in [1.82, 2.24) is 4.98 Å². The van der Waals surface area contributed by atoms with Gasteiger partial charge in [0.25, 0.3) is 0 Å². The molecule has 0 saturated heterocycles. The Labute approximate surface area is 186 Å². The second-order valence-electron chi connectivity index (χ2n) is 7.69. The highest BCUT2D eigenvalue weighted by atomic mass is 16.5. The van der Waals surface area contributed by atoms with Gasteiger partial charge in [-0.2, -0.15) is 0 Å². The number of fused-ring (bicyclic) bond motifs is 1. The van der Waals surface area contributed by atoms with E-state index >= 15 is 0 Å². The number of amides is 2. The number of anilines is 1. The van der Waals surface area contributed by atoms with Crippen LogP contribution in [0.4, 0.5) is 5.69 Å². The number of hydrogen-bond acceptors (Lipinski definition) is 3. The fourth-order valence-electron chi connectivity index (χ4n) is 3.94. The second-order valence-corrected chi connectivity index (χ2v) is 7.69. The van der Waals surface area contributed by atoms with E-state index in [4.69, 9.17) is 10.5 Å². The minimum absolute atomic E-state index is 0.0952. The number of ether oxygens (including phenoxy) is 1. The van der Waals surface area contributed by atoms with Crippen molar-refractivity contribution < 1.29 is 14.3 Å². The van der Waals surface area contributed by atoms with Crippen LogP contribution in [0.25, 0.3) is 22.2 Å². The van der Waals surface area contributed by atoms with Gasteiger partial charge in [-0.25, -0.2) is 0 Å². The number of carbonyl (C=O) groups is 2. The first kappa shape index (κ1) is 21.2. The lowest BCUT2D eigenvalue weighted by atomic mass is 10.0. The summed E-state index contributed by atoms with van der Waals surface area (Å²) in [5, 5.41) is 4.02. The molecule has 3 aromatic carbocycles. The Morgan fingerprint density at radius 1 is 1.03 bits per heavy atom. The summed E-state index contributed by atoms with van der Waals surface area (Å²) in [6, 6.07) is 21.1. The van der Waals surface area contributed by atoms with Gasteiger partial charge >= 0.3 is 0 Å². The molecule has 1 heterocycles. The molecule has 4 rings (SSSR count). The summed E-state index contributed by atoms with van der Waals surface area (Å²) in [5.74, 6) is 0.219. The van der Waals surface area contributed by atoms with Gasteiger partial charge in [-0.15, -0.1) is 0 Å². The zero-order valence-electron chi connectivity index (χ0n) is 18.1. The number of nitrogens with two attached hydrogens (primary N) is 1. The number of primary amides is 1. The summed E-state index contributed by atoms with van der Waals surface area (Å²) >= 11 is 0. The Morgan fingerprint density at radius 3 is 2.47 bits per heavy atom. The van der Waals surface area contributed by atoms with Crippen LogP contribution in [0, 0.1) is 6.92 Å². The molecular weight excluding hydrogens is 402 g/mol. The van der Waals surface area contributed by atoms with Crippen LogP contribution >= 0.6 is 0 Å². The van der Waals surface area contributed by atoms with Crippen molar-refractivity contribution in [2.75, 3.05) is 12.4 Å². The van der Waals surface area contributed by atoms with Crippen LogP contribution in [0.2, 0.25) is 0 Å². The van der Waals surface area contributed by atoms with Gasteiger partial charge < -0.3 is 20.8 Å². The average Bonchev–Trinajstić information content (AvgIpc) is 3.16. The number of H-pyrrole nitrogens is 1. The van der Waals surface area contributed by atoms with Crippen molar-refractivity contribution in [1.29, 1.82) is 0 Å². The summed E-state index contributed by atoms with van der Waals surface area (Å²) in [6.45, 7) is 1.79. The van der Waals surface area contributed by atoms with E-state index in [-0.39, 0.29) is 5.91 Å². The van der Waals surface area contributed by atoms with E-state index in [0.29, 0.717) is 24.1 Å². The minimum Gasteiger partial charge on any atom is -0.497 e. The van der Waals surface area contributed by atoms with Crippen molar-refractivity contribution in [3.05, 3.63) is 83.4 Å². The third-order valence-corrected chi connectivity index (χ3v) is 5.57. The molecular formula is C26H25N3O3. The zero-order valence-corrected chi connectivity index (χ0v) is 18.1.